The first kappa shape index (κ1) is 14.3. The lowest BCUT2D eigenvalue weighted by Crippen LogP contribution is -2.30. The molecule has 17 heavy (non-hydrogen) atoms. The van der Waals surface area contributed by atoms with Crippen LogP contribution in [0.3, 0.4) is 0 Å². The summed E-state index contributed by atoms with van der Waals surface area (Å²) in [5, 5.41) is 0. The van der Waals surface area contributed by atoms with Gasteiger partial charge in [-0.2, -0.15) is 0 Å². The fourth-order valence-electron chi connectivity index (χ4n) is 1.93. The van der Waals surface area contributed by atoms with Crippen LogP contribution in [0, 0.1) is 11.7 Å². The second-order valence-corrected chi connectivity index (χ2v) is 5.77. The summed E-state index contributed by atoms with van der Waals surface area (Å²) in [5.41, 5.74) is 7.20. The van der Waals surface area contributed by atoms with Gasteiger partial charge in [-0.15, -0.1) is 0 Å². The maximum atomic E-state index is 13.3. The van der Waals surface area contributed by atoms with Gasteiger partial charge in [-0.25, -0.2) is 4.39 Å². The van der Waals surface area contributed by atoms with Crippen molar-refractivity contribution >= 4 is 27.3 Å². The quantitative estimate of drug-likeness (QED) is 0.851. The highest BCUT2D eigenvalue weighted by atomic mass is 79.9. The highest BCUT2D eigenvalue weighted by Crippen LogP contribution is 2.30. The summed E-state index contributed by atoms with van der Waals surface area (Å²) in [4.78, 5) is 2.10. The third-order valence-corrected chi connectivity index (χ3v) is 3.53. The monoisotopic (exact) mass is 302 g/mol. The van der Waals surface area contributed by atoms with E-state index in [1.54, 1.807) is 6.07 Å². The number of nitrogens with zero attached hydrogens (tertiary/aromatic N) is 1. The Morgan fingerprint density at radius 1 is 1.35 bits per heavy atom. The number of halogens is 2. The zero-order chi connectivity index (χ0) is 13.2. The van der Waals surface area contributed by atoms with Crippen LogP contribution in [-0.4, -0.2) is 13.1 Å². The SMILES string of the molecule is CC(C)CC(C)N(C)c1cc(Br)c(F)cc1N. The number of nitrogen functional groups attached to an aromatic ring is 1. The van der Waals surface area contributed by atoms with E-state index in [0.717, 1.165) is 12.1 Å². The first-order chi connectivity index (χ1) is 7.82. The van der Waals surface area contributed by atoms with Gasteiger partial charge in [0, 0.05) is 19.2 Å². The van der Waals surface area contributed by atoms with E-state index >= 15 is 0 Å². The topological polar surface area (TPSA) is 29.3 Å². The summed E-state index contributed by atoms with van der Waals surface area (Å²) < 4.78 is 13.7. The van der Waals surface area contributed by atoms with Gasteiger partial charge in [0.15, 0.2) is 0 Å². The van der Waals surface area contributed by atoms with Crippen molar-refractivity contribution in [1.82, 2.24) is 0 Å². The molecule has 0 spiro atoms. The van der Waals surface area contributed by atoms with Gasteiger partial charge in [0.1, 0.15) is 5.82 Å². The molecule has 1 aromatic rings. The van der Waals surface area contributed by atoms with E-state index in [2.05, 4.69) is 41.6 Å². The average molecular weight is 303 g/mol. The standard InChI is InChI=1S/C13H20BrFN2/c1-8(2)5-9(3)17(4)13-6-10(14)11(15)7-12(13)16/h6-9H,5,16H2,1-4H3. The molecule has 0 bridgehead atoms. The Hall–Kier alpha value is -0.770. The van der Waals surface area contributed by atoms with Crippen LogP contribution in [0.4, 0.5) is 15.8 Å². The average Bonchev–Trinajstić information content (AvgIpc) is 2.21. The van der Waals surface area contributed by atoms with E-state index in [4.69, 9.17) is 5.73 Å². The molecule has 0 radical (unpaired) electrons. The van der Waals surface area contributed by atoms with Gasteiger partial charge < -0.3 is 10.6 Å². The Morgan fingerprint density at radius 3 is 2.47 bits per heavy atom. The lowest BCUT2D eigenvalue weighted by molar-refractivity contribution is 0.504. The molecule has 4 heteroatoms. The molecule has 1 rings (SSSR count). The van der Waals surface area contributed by atoms with E-state index < -0.39 is 0 Å². The highest BCUT2D eigenvalue weighted by Gasteiger charge is 2.15. The van der Waals surface area contributed by atoms with Crippen LogP contribution >= 0.6 is 15.9 Å². The Kier molecular flexibility index (Phi) is 4.80. The molecule has 0 aliphatic heterocycles. The van der Waals surface area contributed by atoms with E-state index in [1.165, 1.54) is 6.07 Å². The van der Waals surface area contributed by atoms with Gasteiger partial charge in [0.05, 0.1) is 15.8 Å². The number of nitrogens with two attached hydrogens (primary N) is 1. The summed E-state index contributed by atoms with van der Waals surface area (Å²) >= 11 is 3.19. The van der Waals surface area contributed by atoms with Crippen LogP contribution in [-0.2, 0) is 0 Å². The second kappa shape index (κ2) is 5.71. The van der Waals surface area contributed by atoms with Gasteiger partial charge in [0.25, 0.3) is 0 Å². The van der Waals surface area contributed by atoms with Gasteiger partial charge in [-0.05, 0) is 41.3 Å². The molecule has 1 unspecified atom stereocenters. The zero-order valence-electron chi connectivity index (χ0n) is 10.8. The molecule has 0 heterocycles. The minimum atomic E-state index is -0.323. The first-order valence-electron chi connectivity index (χ1n) is 5.80. The molecule has 0 amide bonds. The molecule has 96 valence electrons. The molecule has 1 atom stereocenters. The third-order valence-electron chi connectivity index (χ3n) is 2.92. The van der Waals surface area contributed by atoms with Crippen molar-refractivity contribution in [3.63, 3.8) is 0 Å². The highest BCUT2D eigenvalue weighted by molar-refractivity contribution is 9.10. The van der Waals surface area contributed by atoms with Crippen molar-refractivity contribution in [2.24, 2.45) is 5.92 Å². The van der Waals surface area contributed by atoms with Crippen LogP contribution in [0.2, 0.25) is 0 Å². The maximum Gasteiger partial charge on any atom is 0.139 e. The summed E-state index contributed by atoms with van der Waals surface area (Å²) in [7, 11) is 1.99. The summed E-state index contributed by atoms with van der Waals surface area (Å²) in [6.45, 7) is 6.53. The van der Waals surface area contributed by atoms with Crippen molar-refractivity contribution in [2.45, 2.75) is 33.2 Å². The number of hydrogen-bond acceptors (Lipinski definition) is 2. The van der Waals surface area contributed by atoms with Crippen LogP contribution in [0.1, 0.15) is 27.2 Å². The van der Waals surface area contributed by atoms with Crippen molar-refractivity contribution in [2.75, 3.05) is 17.7 Å². The van der Waals surface area contributed by atoms with Crippen molar-refractivity contribution in [1.29, 1.82) is 0 Å². The second-order valence-electron chi connectivity index (χ2n) is 4.91. The third kappa shape index (κ3) is 3.60. The maximum absolute atomic E-state index is 13.3. The van der Waals surface area contributed by atoms with Crippen molar-refractivity contribution in [3.05, 3.63) is 22.4 Å². The number of anilines is 2. The minimum absolute atomic E-state index is 0.323. The van der Waals surface area contributed by atoms with Crippen LogP contribution in [0.25, 0.3) is 0 Å². The Labute approximate surface area is 111 Å². The van der Waals surface area contributed by atoms with E-state index in [1.807, 2.05) is 7.05 Å². The molecule has 2 nitrogen and oxygen atoms in total. The number of rotatable bonds is 4. The molecular formula is C13H20BrFN2. The Balaban J connectivity index is 2.95. The molecule has 0 fully saturated rings. The number of hydrogen-bond donors (Lipinski definition) is 1. The minimum Gasteiger partial charge on any atom is -0.397 e. The van der Waals surface area contributed by atoms with Crippen molar-refractivity contribution < 1.29 is 4.39 Å². The normalized spacial score (nSPS) is 12.9. The summed E-state index contributed by atoms with van der Waals surface area (Å²) in [6.07, 6.45) is 1.07. The van der Waals surface area contributed by atoms with Crippen LogP contribution in [0.5, 0.6) is 0 Å². The van der Waals surface area contributed by atoms with Crippen LogP contribution in [0.15, 0.2) is 16.6 Å². The van der Waals surface area contributed by atoms with E-state index in [9.17, 15) is 4.39 Å². The fourth-order valence-corrected chi connectivity index (χ4v) is 2.27. The molecule has 0 aliphatic rings. The molecular weight excluding hydrogens is 283 g/mol. The number of benzene rings is 1. The summed E-state index contributed by atoms with van der Waals surface area (Å²) in [5.74, 6) is 0.300. The molecule has 2 N–H and O–H groups in total. The molecule has 0 saturated heterocycles. The van der Waals surface area contributed by atoms with Gasteiger partial charge in [0.2, 0.25) is 0 Å². The molecule has 0 aliphatic carbocycles. The summed E-state index contributed by atoms with van der Waals surface area (Å²) in [6, 6.07) is 3.47. The first-order valence-corrected chi connectivity index (χ1v) is 6.59. The zero-order valence-corrected chi connectivity index (χ0v) is 12.4. The Bertz CT molecular complexity index is 393. The van der Waals surface area contributed by atoms with E-state index in [0.29, 0.717) is 22.1 Å². The molecule has 1 aromatic carbocycles. The molecule has 0 aromatic heterocycles. The lowest BCUT2D eigenvalue weighted by atomic mass is 10.0. The van der Waals surface area contributed by atoms with Crippen LogP contribution < -0.4 is 10.6 Å². The Morgan fingerprint density at radius 2 is 1.94 bits per heavy atom. The predicted octanol–water partition coefficient (Wildman–Crippen LogP) is 4.04. The molecule has 0 saturated carbocycles. The van der Waals surface area contributed by atoms with Gasteiger partial charge in [-0.3, -0.25) is 0 Å². The van der Waals surface area contributed by atoms with Gasteiger partial charge >= 0.3 is 0 Å². The fraction of sp³-hybridized carbons (Fsp3) is 0.538. The van der Waals surface area contributed by atoms with E-state index in [-0.39, 0.29) is 5.82 Å². The lowest BCUT2D eigenvalue weighted by Gasteiger charge is -2.29. The van der Waals surface area contributed by atoms with Crippen molar-refractivity contribution in [3.8, 4) is 0 Å². The van der Waals surface area contributed by atoms with Gasteiger partial charge in [-0.1, -0.05) is 13.8 Å². The smallest absolute Gasteiger partial charge is 0.139 e. The predicted molar refractivity (Wildman–Crippen MR) is 75.8 cm³/mol. The largest absolute Gasteiger partial charge is 0.397 e.